The van der Waals surface area contributed by atoms with Crippen LogP contribution in [0.15, 0.2) is 18.2 Å². The molecular weight excluding hydrogens is 250 g/mol. The highest BCUT2D eigenvalue weighted by molar-refractivity contribution is 5.24. The molecule has 1 aromatic rings. The highest BCUT2D eigenvalue weighted by atomic mass is 19.1. The molecule has 0 aromatic heterocycles. The van der Waals surface area contributed by atoms with Crippen molar-refractivity contribution in [3.63, 3.8) is 0 Å². The number of halogens is 2. The van der Waals surface area contributed by atoms with Crippen LogP contribution in [0.1, 0.15) is 25.5 Å². The van der Waals surface area contributed by atoms with Gasteiger partial charge in [0.1, 0.15) is 11.6 Å². The number of nitrogens with two attached hydrogens (primary N) is 1. The first-order valence-electron chi connectivity index (χ1n) is 6.56. The number of hydrogen-bond acceptors (Lipinski definition) is 3. The van der Waals surface area contributed by atoms with Crippen molar-refractivity contribution in [1.29, 1.82) is 0 Å². The maximum atomic E-state index is 13.9. The third-order valence-corrected chi connectivity index (χ3v) is 3.44. The van der Waals surface area contributed by atoms with Crippen molar-refractivity contribution in [2.75, 3.05) is 19.6 Å². The molecule has 106 valence electrons. The molecule has 2 rings (SSSR count). The van der Waals surface area contributed by atoms with Crippen LogP contribution in [-0.2, 0) is 4.74 Å². The zero-order chi connectivity index (χ0) is 14.0. The number of hydrogen-bond donors (Lipinski definition) is 1. The fourth-order valence-electron chi connectivity index (χ4n) is 2.75. The Morgan fingerprint density at radius 3 is 2.26 bits per heavy atom. The van der Waals surface area contributed by atoms with E-state index in [0.29, 0.717) is 13.1 Å². The van der Waals surface area contributed by atoms with Gasteiger partial charge in [0.2, 0.25) is 0 Å². The van der Waals surface area contributed by atoms with Gasteiger partial charge in [-0.3, -0.25) is 4.90 Å². The van der Waals surface area contributed by atoms with Gasteiger partial charge in [0, 0.05) is 25.2 Å². The highest BCUT2D eigenvalue weighted by Crippen LogP contribution is 2.28. The molecule has 3 atom stereocenters. The van der Waals surface area contributed by atoms with E-state index in [1.54, 1.807) is 0 Å². The molecule has 5 heteroatoms. The molecule has 0 amide bonds. The minimum absolute atomic E-state index is 0.0348. The molecule has 19 heavy (non-hydrogen) atoms. The van der Waals surface area contributed by atoms with Crippen LogP contribution >= 0.6 is 0 Å². The third-order valence-electron chi connectivity index (χ3n) is 3.44. The van der Waals surface area contributed by atoms with Gasteiger partial charge in [0.05, 0.1) is 18.2 Å². The molecule has 1 heterocycles. The monoisotopic (exact) mass is 270 g/mol. The van der Waals surface area contributed by atoms with Gasteiger partial charge in [0.25, 0.3) is 0 Å². The van der Waals surface area contributed by atoms with Gasteiger partial charge in [-0.25, -0.2) is 8.78 Å². The van der Waals surface area contributed by atoms with Crippen molar-refractivity contribution in [2.45, 2.75) is 32.1 Å². The lowest BCUT2D eigenvalue weighted by Crippen LogP contribution is -2.48. The molecule has 1 saturated heterocycles. The Hall–Kier alpha value is -1.04. The molecule has 3 nitrogen and oxygen atoms in total. The molecule has 1 fully saturated rings. The number of ether oxygens (including phenoxy) is 1. The summed E-state index contributed by atoms with van der Waals surface area (Å²) in [5, 5.41) is 0. The minimum Gasteiger partial charge on any atom is -0.373 e. The van der Waals surface area contributed by atoms with Crippen LogP contribution in [0.5, 0.6) is 0 Å². The molecular formula is C14H20F2N2O. The lowest BCUT2D eigenvalue weighted by Gasteiger charge is -2.40. The summed E-state index contributed by atoms with van der Waals surface area (Å²) in [6.45, 7) is 5.33. The summed E-state index contributed by atoms with van der Waals surface area (Å²) in [6.07, 6.45) is 0.0697. The smallest absolute Gasteiger partial charge is 0.130 e. The maximum Gasteiger partial charge on any atom is 0.130 e. The molecule has 0 aliphatic carbocycles. The van der Waals surface area contributed by atoms with E-state index in [4.69, 9.17) is 10.5 Å². The lowest BCUT2D eigenvalue weighted by atomic mass is 10.0. The van der Waals surface area contributed by atoms with Crippen molar-refractivity contribution in [3.05, 3.63) is 35.4 Å². The molecule has 0 unspecified atom stereocenters. The van der Waals surface area contributed by atoms with Crippen molar-refractivity contribution >= 4 is 0 Å². The Morgan fingerprint density at radius 1 is 1.26 bits per heavy atom. The van der Waals surface area contributed by atoms with Crippen molar-refractivity contribution in [1.82, 2.24) is 4.90 Å². The van der Waals surface area contributed by atoms with E-state index in [9.17, 15) is 8.78 Å². The van der Waals surface area contributed by atoms with E-state index < -0.39 is 17.7 Å². The fourth-order valence-corrected chi connectivity index (χ4v) is 2.75. The molecule has 1 aliphatic heterocycles. The second-order valence-electron chi connectivity index (χ2n) is 5.10. The van der Waals surface area contributed by atoms with E-state index in [-0.39, 0.29) is 24.3 Å². The van der Waals surface area contributed by atoms with Crippen LogP contribution in [-0.4, -0.2) is 36.7 Å². The minimum atomic E-state index is -0.540. The second kappa shape index (κ2) is 5.94. The zero-order valence-corrected chi connectivity index (χ0v) is 11.3. The van der Waals surface area contributed by atoms with Crippen LogP contribution in [0.25, 0.3) is 0 Å². The number of rotatable bonds is 3. The molecule has 0 saturated carbocycles. The second-order valence-corrected chi connectivity index (χ2v) is 5.10. The summed E-state index contributed by atoms with van der Waals surface area (Å²) in [4.78, 5) is 2.00. The molecule has 0 spiro atoms. The summed E-state index contributed by atoms with van der Waals surface area (Å²) in [5.41, 5.74) is 5.81. The van der Waals surface area contributed by atoms with Gasteiger partial charge < -0.3 is 10.5 Å². The topological polar surface area (TPSA) is 38.5 Å². The lowest BCUT2D eigenvalue weighted by molar-refractivity contribution is -0.0806. The first kappa shape index (κ1) is 14.4. The van der Waals surface area contributed by atoms with Gasteiger partial charge in [-0.05, 0) is 26.0 Å². The van der Waals surface area contributed by atoms with Gasteiger partial charge in [-0.1, -0.05) is 6.07 Å². The van der Waals surface area contributed by atoms with E-state index in [1.165, 1.54) is 18.2 Å². The fraction of sp³-hybridized carbons (Fsp3) is 0.571. The SMILES string of the molecule is C[C@@H]1CN([C@@H](CN)c2c(F)cccc2F)C[C@H](C)O1. The summed E-state index contributed by atoms with van der Waals surface area (Å²) < 4.78 is 33.4. The van der Waals surface area contributed by atoms with Gasteiger partial charge in [-0.2, -0.15) is 0 Å². The zero-order valence-electron chi connectivity index (χ0n) is 11.3. The average molecular weight is 270 g/mol. The molecule has 0 radical (unpaired) electrons. The highest BCUT2D eigenvalue weighted by Gasteiger charge is 2.31. The first-order chi connectivity index (χ1) is 9.02. The predicted molar refractivity (Wildman–Crippen MR) is 69.7 cm³/mol. The third kappa shape index (κ3) is 3.11. The Balaban J connectivity index is 2.29. The molecule has 1 aliphatic rings. The maximum absolute atomic E-state index is 13.9. The van der Waals surface area contributed by atoms with E-state index in [2.05, 4.69) is 0 Å². The van der Waals surface area contributed by atoms with Crippen molar-refractivity contribution in [2.24, 2.45) is 5.73 Å². The Kier molecular flexibility index (Phi) is 4.50. The summed E-state index contributed by atoms with van der Waals surface area (Å²) in [5.74, 6) is -1.08. The Bertz CT molecular complexity index is 411. The van der Waals surface area contributed by atoms with Gasteiger partial charge in [-0.15, -0.1) is 0 Å². The number of benzene rings is 1. The molecule has 0 bridgehead atoms. The normalized spacial score (nSPS) is 26.4. The summed E-state index contributed by atoms with van der Waals surface area (Å²) in [6, 6.07) is 3.46. The summed E-state index contributed by atoms with van der Waals surface area (Å²) >= 11 is 0. The quantitative estimate of drug-likeness (QED) is 0.914. The Morgan fingerprint density at radius 2 is 1.79 bits per heavy atom. The van der Waals surface area contributed by atoms with E-state index in [1.807, 2.05) is 18.7 Å². The van der Waals surface area contributed by atoms with Gasteiger partial charge >= 0.3 is 0 Å². The van der Waals surface area contributed by atoms with Crippen LogP contribution in [0, 0.1) is 11.6 Å². The molecule has 2 N–H and O–H groups in total. The number of morpholine rings is 1. The van der Waals surface area contributed by atoms with Crippen LogP contribution in [0.2, 0.25) is 0 Å². The van der Waals surface area contributed by atoms with Crippen LogP contribution in [0.3, 0.4) is 0 Å². The van der Waals surface area contributed by atoms with Crippen LogP contribution in [0.4, 0.5) is 8.78 Å². The number of nitrogens with zero attached hydrogens (tertiary/aromatic N) is 1. The van der Waals surface area contributed by atoms with Crippen molar-refractivity contribution < 1.29 is 13.5 Å². The van der Waals surface area contributed by atoms with Gasteiger partial charge in [0.15, 0.2) is 0 Å². The average Bonchev–Trinajstić information content (AvgIpc) is 2.32. The van der Waals surface area contributed by atoms with Crippen molar-refractivity contribution in [3.8, 4) is 0 Å². The van der Waals surface area contributed by atoms with E-state index in [0.717, 1.165) is 0 Å². The predicted octanol–water partition coefficient (Wildman–Crippen LogP) is 2.07. The van der Waals surface area contributed by atoms with E-state index >= 15 is 0 Å². The Labute approximate surface area is 112 Å². The van der Waals surface area contributed by atoms with Crippen LogP contribution < -0.4 is 5.73 Å². The first-order valence-corrected chi connectivity index (χ1v) is 6.56. The standard InChI is InChI=1S/C14H20F2N2O/c1-9-7-18(8-10(2)19-9)13(6-17)14-11(15)4-3-5-12(14)16/h3-5,9-10,13H,6-8,17H2,1-2H3/t9-,10+,13-/m0/s1. The summed E-state index contributed by atoms with van der Waals surface area (Å²) in [7, 11) is 0. The molecule has 1 aromatic carbocycles. The largest absolute Gasteiger partial charge is 0.373 e.